The van der Waals surface area contributed by atoms with E-state index < -0.39 is 11.9 Å². The third-order valence-corrected chi connectivity index (χ3v) is 9.04. The van der Waals surface area contributed by atoms with Crippen LogP contribution in [-0.2, 0) is 9.59 Å². The van der Waals surface area contributed by atoms with Gasteiger partial charge < -0.3 is 25.7 Å². The second kappa shape index (κ2) is 7.20. The van der Waals surface area contributed by atoms with Gasteiger partial charge in [-0.15, -0.1) is 0 Å². The molecule has 1 heterocycles. The van der Waals surface area contributed by atoms with Crippen molar-refractivity contribution in [1.82, 2.24) is 5.32 Å². The monoisotopic (exact) mass is 402 g/mol. The molecule has 2 saturated carbocycles. The van der Waals surface area contributed by atoms with Gasteiger partial charge >= 0.3 is 0 Å². The first kappa shape index (κ1) is 20.5. The fourth-order valence-electron chi connectivity index (χ4n) is 8.10. The Morgan fingerprint density at radius 3 is 2.79 bits per heavy atom. The first-order valence-electron chi connectivity index (χ1n) is 11.0. The minimum atomic E-state index is -1.15. The molecule has 4 N–H and O–H groups in total. The fraction of sp³-hybridized carbons (Fsp3) is 0.773. The Morgan fingerprint density at radius 2 is 2.17 bits per heavy atom. The number of rotatable bonds is 4. The lowest BCUT2D eigenvalue weighted by Crippen LogP contribution is -3.19. The van der Waals surface area contributed by atoms with Crippen LogP contribution < -0.4 is 21.1 Å². The normalized spacial score (nSPS) is 44.2. The average Bonchev–Trinajstić information content (AvgIpc) is 3.12. The Kier molecular flexibility index (Phi) is 5.10. The molecule has 0 radical (unpaired) electrons. The minimum absolute atomic E-state index is 0.0651. The van der Waals surface area contributed by atoms with E-state index in [0.29, 0.717) is 35.7 Å². The van der Waals surface area contributed by atoms with E-state index >= 15 is 0 Å². The molecular weight excluding hydrogens is 368 g/mol. The molecular formula is C22H34N4O3. The van der Waals surface area contributed by atoms with Crippen LogP contribution in [0.15, 0.2) is 16.1 Å². The number of piperidine rings is 1. The first-order chi connectivity index (χ1) is 13.9. The van der Waals surface area contributed by atoms with E-state index in [1.54, 1.807) is 7.05 Å². The Bertz CT molecular complexity index is 778. The van der Waals surface area contributed by atoms with Crippen LogP contribution in [0.2, 0.25) is 0 Å². The van der Waals surface area contributed by atoms with Crippen molar-refractivity contribution >= 4 is 18.2 Å². The molecule has 2 bridgehead atoms. The number of hydrogen-bond donors (Lipinski definition) is 3. The molecule has 4 rings (SSSR count). The lowest BCUT2D eigenvalue weighted by molar-refractivity contribution is -0.828. The number of nitrogens with two attached hydrogens (primary N) is 1. The first-order valence-corrected chi connectivity index (χ1v) is 11.0. The van der Waals surface area contributed by atoms with Crippen LogP contribution in [0.5, 0.6) is 0 Å². The maximum atomic E-state index is 12.1. The van der Waals surface area contributed by atoms with Gasteiger partial charge in [0.25, 0.3) is 5.96 Å². The van der Waals surface area contributed by atoms with Gasteiger partial charge in [0.05, 0.1) is 19.1 Å². The lowest BCUT2D eigenvalue weighted by Gasteiger charge is -2.60. The van der Waals surface area contributed by atoms with Crippen molar-refractivity contribution < 1.29 is 19.6 Å². The Labute approximate surface area is 172 Å². The summed E-state index contributed by atoms with van der Waals surface area (Å²) in [4.78, 5) is 29.5. The number of carboxylic acids is 1. The van der Waals surface area contributed by atoms with E-state index in [2.05, 4.69) is 17.2 Å². The molecule has 0 aromatic rings. The quantitative estimate of drug-likeness (QED) is 0.309. The summed E-state index contributed by atoms with van der Waals surface area (Å²) >= 11 is 0. The molecule has 1 saturated heterocycles. The highest BCUT2D eigenvalue weighted by molar-refractivity contribution is 5.92. The van der Waals surface area contributed by atoms with Crippen molar-refractivity contribution in [2.24, 2.45) is 45.2 Å². The summed E-state index contributed by atoms with van der Waals surface area (Å²) in [5.74, 6) is 0.134. The number of carboxylic acid groups (broad SMARTS) is 1. The van der Waals surface area contributed by atoms with Crippen molar-refractivity contribution in [3.8, 4) is 0 Å². The molecule has 3 aliphatic carbocycles. The van der Waals surface area contributed by atoms with Gasteiger partial charge in [-0.3, -0.25) is 4.90 Å². The number of aliphatic imine (C=N–C) groups is 1. The molecule has 2 spiro atoms. The summed E-state index contributed by atoms with van der Waals surface area (Å²) in [6, 6.07) is 0. The number of guanidine groups is 1. The Morgan fingerprint density at radius 1 is 1.41 bits per heavy atom. The predicted molar refractivity (Wildman–Crippen MR) is 108 cm³/mol. The van der Waals surface area contributed by atoms with E-state index in [0.717, 1.165) is 57.2 Å². The number of allylic oxidation sites excluding steroid dienone is 1. The number of hydrogen-bond acceptors (Lipinski definition) is 5. The zero-order valence-electron chi connectivity index (χ0n) is 17.8. The van der Waals surface area contributed by atoms with Gasteiger partial charge in [0, 0.05) is 30.2 Å². The fourth-order valence-corrected chi connectivity index (χ4v) is 8.10. The molecule has 29 heavy (non-hydrogen) atoms. The second-order valence-corrected chi connectivity index (χ2v) is 9.70. The highest BCUT2D eigenvalue weighted by Crippen LogP contribution is 2.75. The predicted octanol–water partition coefficient (Wildman–Crippen LogP) is -1.26. The molecule has 1 aliphatic heterocycles. The number of quaternary nitrogens is 1. The van der Waals surface area contributed by atoms with E-state index in [9.17, 15) is 14.7 Å². The number of carbonyl (C=O) groups excluding carboxylic acids is 2. The largest absolute Gasteiger partial charge is 0.545 e. The number of likely N-dealkylation sites (tertiary alicyclic amines) is 1. The number of carbonyl (C=O) groups is 2. The summed E-state index contributed by atoms with van der Waals surface area (Å²) in [5, 5.41) is 15.5. The van der Waals surface area contributed by atoms with Crippen LogP contribution in [0.4, 0.5) is 0 Å². The molecule has 4 aliphatic rings. The molecule has 160 valence electrons. The van der Waals surface area contributed by atoms with Crippen molar-refractivity contribution in [3.05, 3.63) is 11.1 Å². The van der Waals surface area contributed by atoms with Gasteiger partial charge in [-0.2, -0.15) is 0 Å². The van der Waals surface area contributed by atoms with E-state index in [4.69, 9.17) is 5.73 Å². The molecule has 7 nitrogen and oxygen atoms in total. The highest BCUT2D eigenvalue weighted by atomic mass is 16.4. The van der Waals surface area contributed by atoms with Gasteiger partial charge in [0.2, 0.25) is 0 Å². The van der Waals surface area contributed by atoms with Crippen LogP contribution in [0.1, 0.15) is 39.0 Å². The van der Waals surface area contributed by atoms with Gasteiger partial charge in [0.1, 0.15) is 6.29 Å². The summed E-state index contributed by atoms with van der Waals surface area (Å²) in [7, 11) is 3.73. The third-order valence-electron chi connectivity index (χ3n) is 9.04. The minimum Gasteiger partial charge on any atom is -0.545 e. The van der Waals surface area contributed by atoms with Gasteiger partial charge in [-0.1, -0.05) is 12.5 Å². The number of aliphatic carboxylic acids is 1. The zero-order chi connectivity index (χ0) is 21.0. The smallest absolute Gasteiger partial charge is 0.293 e. The molecule has 3 fully saturated rings. The number of nitrogens with one attached hydrogen (secondary N) is 2. The standard InChI is InChI=1S/C22H34N4O3/c1-13-4-5-15-8-17-18(19(28)29)14(11-27)9-21(13,17)22(15)12-26(20(23)25-3)7-6-16(22)10-24-2/h11,13-16,24H,4-10,12H2,1-3H3,(H2,23,25)(H,28,29). The average molecular weight is 403 g/mol. The summed E-state index contributed by atoms with van der Waals surface area (Å²) in [5.41, 5.74) is 7.30. The summed E-state index contributed by atoms with van der Waals surface area (Å²) in [6.07, 6.45) is 5.46. The number of nitrogens with zero attached hydrogens (tertiary/aromatic N) is 1. The van der Waals surface area contributed by atoms with Crippen LogP contribution in [0, 0.1) is 34.5 Å². The molecule has 7 atom stereocenters. The van der Waals surface area contributed by atoms with Gasteiger partial charge in [-0.25, -0.2) is 4.99 Å². The molecule has 7 heteroatoms. The van der Waals surface area contributed by atoms with Crippen LogP contribution in [-0.4, -0.2) is 51.9 Å². The van der Waals surface area contributed by atoms with E-state index in [-0.39, 0.29) is 10.8 Å². The third kappa shape index (κ3) is 2.53. The Hall–Kier alpha value is -1.73. The maximum Gasteiger partial charge on any atom is 0.293 e. The van der Waals surface area contributed by atoms with Gasteiger partial charge in [0.15, 0.2) is 0 Å². The summed E-state index contributed by atoms with van der Waals surface area (Å²) < 4.78 is 0. The van der Waals surface area contributed by atoms with E-state index in [1.165, 1.54) is 4.90 Å². The second-order valence-electron chi connectivity index (χ2n) is 9.70. The van der Waals surface area contributed by atoms with Crippen molar-refractivity contribution in [1.29, 1.82) is 0 Å². The van der Waals surface area contributed by atoms with Crippen molar-refractivity contribution in [2.45, 2.75) is 39.0 Å². The molecule has 7 unspecified atom stereocenters. The maximum absolute atomic E-state index is 12.1. The summed E-state index contributed by atoms with van der Waals surface area (Å²) in [6.45, 7) is 4.98. The molecule has 0 aromatic carbocycles. The highest BCUT2D eigenvalue weighted by Gasteiger charge is 2.73. The number of aldehydes is 1. The van der Waals surface area contributed by atoms with E-state index in [1.807, 2.05) is 7.05 Å². The van der Waals surface area contributed by atoms with Crippen molar-refractivity contribution in [3.63, 3.8) is 0 Å². The topological polar surface area (TPSA) is 112 Å². The molecule has 0 amide bonds. The van der Waals surface area contributed by atoms with Crippen LogP contribution >= 0.6 is 0 Å². The van der Waals surface area contributed by atoms with Gasteiger partial charge in [-0.05, 0) is 62.6 Å². The lowest BCUT2D eigenvalue weighted by atomic mass is 9.45. The van der Waals surface area contributed by atoms with Crippen LogP contribution in [0.3, 0.4) is 0 Å². The SMILES string of the molecule is CN=C(N)[NH+]1CCC(CNC)C2(C1)C1CCC(C)C23CC(C=O)C(C(=O)[O-])=C3C1. The van der Waals surface area contributed by atoms with Crippen molar-refractivity contribution in [2.75, 3.05) is 33.7 Å². The molecule has 0 aromatic heterocycles. The zero-order valence-corrected chi connectivity index (χ0v) is 17.8. The van der Waals surface area contributed by atoms with Crippen LogP contribution in [0.25, 0.3) is 0 Å². The Balaban J connectivity index is 1.93.